The quantitative estimate of drug-likeness (QED) is 0.725. The highest BCUT2D eigenvalue weighted by Gasteiger charge is 2.08. The van der Waals surface area contributed by atoms with Gasteiger partial charge >= 0.3 is 0 Å². The molecule has 0 saturated carbocycles. The number of allylic oxidation sites excluding steroid dienone is 4. The van der Waals surface area contributed by atoms with E-state index in [4.69, 9.17) is 0 Å². The van der Waals surface area contributed by atoms with Crippen molar-refractivity contribution in [3.05, 3.63) is 53.9 Å². The van der Waals surface area contributed by atoms with Crippen LogP contribution in [0.25, 0.3) is 0 Å². The summed E-state index contributed by atoms with van der Waals surface area (Å²) < 4.78 is 0. The topological polar surface area (TPSA) is 12.9 Å². The minimum absolute atomic E-state index is 0.615. The van der Waals surface area contributed by atoms with Crippen molar-refractivity contribution in [3.63, 3.8) is 0 Å². The van der Waals surface area contributed by atoms with E-state index in [1.165, 1.54) is 24.0 Å². The van der Waals surface area contributed by atoms with Gasteiger partial charge in [0.1, 0.15) is 0 Å². The Hall–Kier alpha value is -1.37. The van der Waals surface area contributed by atoms with E-state index in [2.05, 4.69) is 42.3 Å². The predicted octanol–water partition coefficient (Wildman–Crippen LogP) is 3.54. The van der Waals surface area contributed by atoms with Crippen molar-refractivity contribution in [3.8, 4) is 0 Å². The lowest BCUT2D eigenvalue weighted by Gasteiger charge is -2.15. The molecule has 0 fully saturated rings. The molecule has 1 heteroatoms. The first-order valence-corrected chi connectivity index (χ1v) is 5.62. The maximum absolute atomic E-state index is 4.04. The minimum atomic E-state index is 0.615. The van der Waals surface area contributed by atoms with Crippen LogP contribution >= 0.6 is 0 Å². The molecule has 78 valence electrons. The Morgan fingerprint density at radius 1 is 1.27 bits per heavy atom. The second-order valence-electron chi connectivity index (χ2n) is 4.14. The molecule has 0 spiro atoms. The van der Waals surface area contributed by atoms with E-state index in [1.54, 1.807) is 0 Å². The van der Waals surface area contributed by atoms with Crippen molar-refractivity contribution < 1.29 is 0 Å². The van der Waals surface area contributed by atoms with Gasteiger partial charge in [-0.15, -0.1) is 0 Å². The molecule has 1 aliphatic rings. The molecule has 2 rings (SSSR count). The zero-order valence-corrected chi connectivity index (χ0v) is 9.19. The Labute approximate surface area is 91.6 Å². The van der Waals surface area contributed by atoms with E-state index in [0.717, 1.165) is 6.42 Å². The molecule has 1 unspecified atom stereocenters. The smallest absolute Gasteiger partial charge is 0.0270 e. The third-order valence-electron chi connectivity index (χ3n) is 2.88. The highest BCUT2D eigenvalue weighted by atomic mass is 14.6. The van der Waals surface area contributed by atoms with Gasteiger partial charge in [0.25, 0.3) is 0 Å². The Morgan fingerprint density at radius 3 is 2.73 bits per heavy atom. The first kappa shape index (κ1) is 10.2. The lowest BCUT2D eigenvalue weighted by atomic mass is 9.90. The number of pyridine rings is 1. The van der Waals surface area contributed by atoms with Gasteiger partial charge in [0, 0.05) is 12.4 Å². The molecule has 1 atom stereocenters. The van der Waals surface area contributed by atoms with Gasteiger partial charge < -0.3 is 0 Å². The van der Waals surface area contributed by atoms with E-state index >= 15 is 0 Å². The Balaban J connectivity index is 2.01. The van der Waals surface area contributed by atoms with Gasteiger partial charge in [-0.05, 0) is 48.4 Å². The van der Waals surface area contributed by atoms with E-state index in [9.17, 15) is 0 Å². The lowest BCUT2D eigenvalue weighted by molar-refractivity contribution is 0.683. The van der Waals surface area contributed by atoms with Crippen molar-refractivity contribution in [2.45, 2.75) is 26.2 Å². The number of rotatable bonds is 3. The van der Waals surface area contributed by atoms with Crippen molar-refractivity contribution in [1.82, 2.24) is 4.98 Å². The number of hydrogen-bond acceptors (Lipinski definition) is 1. The highest BCUT2D eigenvalue weighted by Crippen LogP contribution is 2.21. The summed E-state index contributed by atoms with van der Waals surface area (Å²) in [4.78, 5) is 4.04. The molecule has 0 amide bonds. The average Bonchev–Trinajstić information content (AvgIpc) is 2.31. The van der Waals surface area contributed by atoms with Crippen molar-refractivity contribution in [2.75, 3.05) is 0 Å². The molecule has 1 aromatic rings. The zero-order chi connectivity index (χ0) is 10.5. The summed E-state index contributed by atoms with van der Waals surface area (Å²) in [6, 6.07) is 4.20. The van der Waals surface area contributed by atoms with Crippen LogP contribution in [0.5, 0.6) is 0 Å². The van der Waals surface area contributed by atoms with Gasteiger partial charge in [0.15, 0.2) is 0 Å². The van der Waals surface area contributed by atoms with Crippen LogP contribution in [-0.4, -0.2) is 4.98 Å². The van der Waals surface area contributed by atoms with Crippen LogP contribution in [0.2, 0.25) is 0 Å². The molecule has 1 heterocycles. The number of hydrogen-bond donors (Lipinski definition) is 0. The SMILES string of the molecule is CC(Cc1ccncc1)C1=CCCC=C1. The van der Waals surface area contributed by atoms with Crippen molar-refractivity contribution >= 4 is 0 Å². The standard InChI is InChI=1S/C14H17N/c1-12(14-5-3-2-4-6-14)11-13-7-9-15-10-8-13/h3,5-10,12H,2,4,11H2,1H3. The van der Waals surface area contributed by atoms with Crippen molar-refractivity contribution in [1.29, 1.82) is 0 Å². The normalized spacial score (nSPS) is 17.3. The minimum Gasteiger partial charge on any atom is -0.265 e. The maximum Gasteiger partial charge on any atom is 0.0270 e. The summed E-state index contributed by atoms with van der Waals surface area (Å²) in [5.41, 5.74) is 2.86. The van der Waals surface area contributed by atoms with Gasteiger partial charge in [-0.25, -0.2) is 0 Å². The van der Waals surface area contributed by atoms with Crippen LogP contribution in [0, 0.1) is 5.92 Å². The van der Waals surface area contributed by atoms with E-state index in [1.807, 2.05) is 12.4 Å². The lowest BCUT2D eigenvalue weighted by Crippen LogP contribution is -2.03. The van der Waals surface area contributed by atoms with Crippen LogP contribution in [-0.2, 0) is 6.42 Å². The summed E-state index contributed by atoms with van der Waals surface area (Å²) in [5, 5.41) is 0. The molecular formula is C14H17N. The van der Waals surface area contributed by atoms with E-state index < -0.39 is 0 Å². The molecule has 0 N–H and O–H groups in total. The average molecular weight is 199 g/mol. The molecule has 1 aliphatic carbocycles. The fraction of sp³-hybridized carbons (Fsp3) is 0.357. The number of aromatic nitrogens is 1. The molecular weight excluding hydrogens is 182 g/mol. The van der Waals surface area contributed by atoms with E-state index in [0.29, 0.717) is 5.92 Å². The third kappa shape index (κ3) is 2.79. The molecule has 15 heavy (non-hydrogen) atoms. The molecule has 0 aromatic carbocycles. The van der Waals surface area contributed by atoms with Crippen LogP contribution in [0.15, 0.2) is 48.3 Å². The molecule has 1 aromatic heterocycles. The van der Waals surface area contributed by atoms with Crippen LogP contribution in [0.3, 0.4) is 0 Å². The van der Waals surface area contributed by atoms with Gasteiger partial charge in [-0.3, -0.25) is 4.98 Å². The fourth-order valence-corrected chi connectivity index (χ4v) is 1.99. The monoisotopic (exact) mass is 199 g/mol. The largest absolute Gasteiger partial charge is 0.265 e. The molecule has 0 aliphatic heterocycles. The molecule has 1 nitrogen and oxygen atoms in total. The van der Waals surface area contributed by atoms with Crippen LogP contribution in [0.1, 0.15) is 25.3 Å². The third-order valence-corrected chi connectivity index (χ3v) is 2.88. The molecule has 0 bridgehead atoms. The first-order chi connectivity index (χ1) is 7.36. The summed E-state index contributed by atoms with van der Waals surface area (Å²) in [7, 11) is 0. The Morgan fingerprint density at radius 2 is 2.07 bits per heavy atom. The number of nitrogens with zero attached hydrogens (tertiary/aromatic N) is 1. The Bertz CT molecular complexity index is 362. The highest BCUT2D eigenvalue weighted by molar-refractivity contribution is 5.26. The van der Waals surface area contributed by atoms with Gasteiger partial charge in [-0.1, -0.05) is 25.2 Å². The summed E-state index contributed by atoms with van der Waals surface area (Å²) >= 11 is 0. The van der Waals surface area contributed by atoms with Gasteiger partial charge in [-0.2, -0.15) is 0 Å². The Kier molecular flexibility index (Phi) is 3.33. The van der Waals surface area contributed by atoms with Gasteiger partial charge in [0.05, 0.1) is 0 Å². The maximum atomic E-state index is 4.04. The zero-order valence-electron chi connectivity index (χ0n) is 9.19. The molecule has 0 saturated heterocycles. The fourth-order valence-electron chi connectivity index (χ4n) is 1.99. The summed E-state index contributed by atoms with van der Waals surface area (Å²) in [6.07, 6.45) is 14.2. The summed E-state index contributed by atoms with van der Waals surface area (Å²) in [6.45, 7) is 2.29. The second-order valence-corrected chi connectivity index (χ2v) is 4.14. The second kappa shape index (κ2) is 4.92. The predicted molar refractivity (Wildman–Crippen MR) is 63.6 cm³/mol. The molecule has 0 radical (unpaired) electrons. The summed E-state index contributed by atoms with van der Waals surface area (Å²) in [5.74, 6) is 0.615. The van der Waals surface area contributed by atoms with Crippen molar-refractivity contribution in [2.24, 2.45) is 5.92 Å². The van der Waals surface area contributed by atoms with Gasteiger partial charge in [0.2, 0.25) is 0 Å². The first-order valence-electron chi connectivity index (χ1n) is 5.62. The van der Waals surface area contributed by atoms with E-state index in [-0.39, 0.29) is 0 Å². The van der Waals surface area contributed by atoms with Crippen LogP contribution in [0.4, 0.5) is 0 Å². The van der Waals surface area contributed by atoms with Crippen LogP contribution < -0.4 is 0 Å².